The number of hydrogen-bond acceptors (Lipinski definition) is 6. The minimum Gasteiger partial charge on any atom is -0.462 e. The summed E-state index contributed by atoms with van der Waals surface area (Å²) in [5, 5.41) is 0. The first kappa shape index (κ1) is 78.3. The summed E-state index contributed by atoms with van der Waals surface area (Å²) in [4.78, 5) is 38.4. The van der Waals surface area contributed by atoms with Crippen LogP contribution in [0.5, 0.6) is 0 Å². The Balaban J connectivity index is 4.46. The lowest BCUT2D eigenvalue weighted by Gasteiger charge is -2.18. The second-order valence-electron chi connectivity index (χ2n) is 22.3. The highest BCUT2D eigenvalue weighted by molar-refractivity contribution is 5.71. The molecule has 1 atom stereocenters. The van der Waals surface area contributed by atoms with Crippen LogP contribution in [0.4, 0.5) is 0 Å². The van der Waals surface area contributed by atoms with E-state index in [0.717, 1.165) is 135 Å². The molecule has 83 heavy (non-hydrogen) atoms. The van der Waals surface area contributed by atoms with Crippen molar-refractivity contribution in [2.45, 2.75) is 309 Å². The normalized spacial score (nSPS) is 13.0. The van der Waals surface area contributed by atoms with Crippen molar-refractivity contribution in [2.24, 2.45) is 0 Å². The molecular weight excluding hydrogens is 1020 g/mol. The third-order valence-corrected chi connectivity index (χ3v) is 14.3. The van der Waals surface area contributed by atoms with Gasteiger partial charge in [-0.25, -0.2) is 0 Å². The van der Waals surface area contributed by atoms with E-state index in [9.17, 15) is 14.4 Å². The molecule has 0 saturated carbocycles. The lowest BCUT2D eigenvalue weighted by Crippen LogP contribution is -2.30. The van der Waals surface area contributed by atoms with Crippen LogP contribution in [0, 0.1) is 0 Å². The number of esters is 3. The van der Waals surface area contributed by atoms with Crippen LogP contribution in [0.3, 0.4) is 0 Å². The maximum atomic E-state index is 12.9. The van der Waals surface area contributed by atoms with Crippen molar-refractivity contribution >= 4 is 17.9 Å². The molecule has 0 aromatic rings. The molecule has 0 fully saturated rings. The SMILES string of the molecule is CC/C=C\C/C=C\C/C=C\C/C=C\C/C=C\C/C=C\CCCCCCCCCCC(=O)OCC(COC(=O)CCCCCCCCCCCCCCCCCCC)OC(=O)CCCC/C=C\C/C=C\C/C=C\C/C=C\C/C=C\C/C=C\CC. The third kappa shape index (κ3) is 68.0. The zero-order valence-corrected chi connectivity index (χ0v) is 53.9. The monoisotopic (exact) mass is 1150 g/mol. The fraction of sp³-hybridized carbons (Fsp3) is 0.649. The largest absolute Gasteiger partial charge is 0.462 e. The molecule has 0 aliphatic rings. The van der Waals surface area contributed by atoms with E-state index in [4.69, 9.17) is 14.2 Å². The summed E-state index contributed by atoms with van der Waals surface area (Å²) in [7, 11) is 0. The molecule has 0 aliphatic carbocycles. The van der Waals surface area contributed by atoms with Crippen LogP contribution < -0.4 is 0 Å². The van der Waals surface area contributed by atoms with Crippen molar-refractivity contribution in [3.63, 3.8) is 0 Å². The van der Waals surface area contributed by atoms with Gasteiger partial charge in [-0.15, -0.1) is 0 Å². The molecule has 0 aromatic carbocycles. The molecular formula is C77H126O6. The fourth-order valence-electron chi connectivity index (χ4n) is 9.27. The van der Waals surface area contributed by atoms with E-state index in [0.29, 0.717) is 19.3 Å². The van der Waals surface area contributed by atoms with Crippen molar-refractivity contribution in [3.05, 3.63) is 146 Å². The lowest BCUT2D eigenvalue weighted by molar-refractivity contribution is -0.167. The highest BCUT2D eigenvalue weighted by Gasteiger charge is 2.19. The summed E-state index contributed by atoms with van der Waals surface area (Å²) < 4.78 is 16.9. The van der Waals surface area contributed by atoms with Gasteiger partial charge in [0.05, 0.1) is 0 Å². The summed E-state index contributed by atoms with van der Waals surface area (Å²) in [5.41, 5.74) is 0. The highest BCUT2D eigenvalue weighted by Crippen LogP contribution is 2.16. The van der Waals surface area contributed by atoms with E-state index in [-0.39, 0.29) is 37.5 Å². The number of rotatable bonds is 61. The molecule has 6 heteroatoms. The van der Waals surface area contributed by atoms with Crippen LogP contribution in [0.1, 0.15) is 303 Å². The van der Waals surface area contributed by atoms with Gasteiger partial charge in [0.25, 0.3) is 0 Å². The summed E-state index contributed by atoms with van der Waals surface area (Å²) in [6, 6.07) is 0. The van der Waals surface area contributed by atoms with Crippen molar-refractivity contribution in [3.8, 4) is 0 Å². The molecule has 0 heterocycles. The van der Waals surface area contributed by atoms with Crippen LogP contribution in [0.2, 0.25) is 0 Å². The van der Waals surface area contributed by atoms with Gasteiger partial charge >= 0.3 is 17.9 Å². The summed E-state index contributed by atoms with van der Waals surface area (Å²) >= 11 is 0. The number of unbranched alkanes of at least 4 members (excludes halogenated alkanes) is 26. The number of allylic oxidation sites excluding steroid dienone is 24. The van der Waals surface area contributed by atoms with Gasteiger partial charge in [-0.3, -0.25) is 14.4 Å². The first-order chi connectivity index (χ1) is 41.0. The van der Waals surface area contributed by atoms with Gasteiger partial charge < -0.3 is 14.2 Å². The number of ether oxygens (including phenoxy) is 3. The Morgan fingerprint density at radius 3 is 0.759 bits per heavy atom. The summed E-state index contributed by atoms with van der Waals surface area (Å²) in [6.07, 6.45) is 100.0. The molecule has 0 aromatic heterocycles. The fourth-order valence-corrected chi connectivity index (χ4v) is 9.27. The first-order valence-electron chi connectivity index (χ1n) is 34.3. The zero-order chi connectivity index (χ0) is 59.9. The lowest BCUT2D eigenvalue weighted by atomic mass is 10.0. The summed E-state index contributed by atoms with van der Waals surface area (Å²) in [5.74, 6) is -0.946. The van der Waals surface area contributed by atoms with Gasteiger partial charge in [0.2, 0.25) is 0 Å². The molecule has 0 N–H and O–H groups in total. The van der Waals surface area contributed by atoms with E-state index in [2.05, 4.69) is 167 Å². The van der Waals surface area contributed by atoms with Crippen LogP contribution in [0.25, 0.3) is 0 Å². The van der Waals surface area contributed by atoms with E-state index in [1.165, 1.54) is 122 Å². The van der Waals surface area contributed by atoms with Crippen LogP contribution in [-0.4, -0.2) is 37.2 Å². The number of carbonyl (C=O) groups excluding carboxylic acids is 3. The standard InChI is InChI=1S/C77H126O6/c1-4-7-10-13-16-19-22-25-28-31-33-35-36-37-38-39-40-42-43-46-49-52-55-58-61-64-67-70-76(79)82-73-74(72-81-75(78)69-66-63-60-57-54-51-48-45-30-27-24-21-18-15-12-9-6-3)83-77(80)71-68-65-62-59-56-53-50-47-44-41-34-32-29-26-23-20-17-14-11-8-5-2/h7-8,10-11,16-17,19-20,25-26,28-29,33-35,37-38,40-42,47,50,56,59,74H,4-6,9,12-15,18,21-24,27,30-32,36,39,43-46,48-49,51-55,57-58,60-73H2,1-3H3/b10-7-,11-8-,19-16-,20-17-,28-25-,29-26-,35-33-,38-37-,41-34-,42-40-,50-47-,59-56-. The van der Waals surface area contributed by atoms with Crippen LogP contribution >= 0.6 is 0 Å². The Kier molecular flexibility index (Phi) is 65.8. The van der Waals surface area contributed by atoms with Crippen molar-refractivity contribution < 1.29 is 28.6 Å². The number of carbonyl (C=O) groups is 3. The zero-order valence-electron chi connectivity index (χ0n) is 53.9. The third-order valence-electron chi connectivity index (χ3n) is 14.3. The van der Waals surface area contributed by atoms with Gasteiger partial charge in [-0.05, 0) is 122 Å². The average Bonchev–Trinajstić information content (AvgIpc) is 3.49. The number of hydrogen-bond donors (Lipinski definition) is 0. The predicted octanol–water partition coefficient (Wildman–Crippen LogP) is 23.9. The maximum absolute atomic E-state index is 12.9. The Hall–Kier alpha value is -4.71. The molecule has 0 aliphatic heterocycles. The second kappa shape index (κ2) is 69.8. The Labute approximate surface area is 512 Å². The average molecular weight is 1150 g/mol. The van der Waals surface area contributed by atoms with Gasteiger partial charge in [0, 0.05) is 19.3 Å². The highest BCUT2D eigenvalue weighted by atomic mass is 16.6. The Bertz CT molecular complexity index is 1800. The summed E-state index contributed by atoms with van der Waals surface area (Å²) in [6.45, 7) is 6.39. The molecule has 6 nitrogen and oxygen atoms in total. The molecule has 1 unspecified atom stereocenters. The smallest absolute Gasteiger partial charge is 0.306 e. The van der Waals surface area contributed by atoms with Crippen LogP contribution in [0.15, 0.2) is 146 Å². The van der Waals surface area contributed by atoms with E-state index < -0.39 is 6.10 Å². The first-order valence-corrected chi connectivity index (χ1v) is 34.3. The minimum absolute atomic E-state index is 0.100. The Morgan fingerprint density at radius 1 is 0.253 bits per heavy atom. The molecule has 0 bridgehead atoms. The van der Waals surface area contributed by atoms with Crippen molar-refractivity contribution in [1.29, 1.82) is 0 Å². The topological polar surface area (TPSA) is 78.9 Å². The van der Waals surface area contributed by atoms with E-state index in [1.54, 1.807) is 0 Å². The van der Waals surface area contributed by atoms with E-state index in [1.807, 2.05) is 0 Å². The second-order valence-corrected chi connectivity index (χ2v) is 22.3. The van der Waals surface area contributed by atoms with Gasteiger partial charge in [0.1, 0.15) is 13.2 Å². The van der Waals surface area contributed by atoms with Crippen molar-refractivity contribution in [1.82, 2.24) is 0 Å². The molecule has 0 saturated heterocycles. The van der Waals surface area contributed by atoms with Gasteiger partial charge in [-0.1, -0.05) is 308 Å². The molecule has 0 radical (unpaired) electrons. The molecule has 0 rings (SSSR count). The quantitative estimate of drug-likeness (QED) is 0.0261. The van der Waals surface area contributed by atoms with Crippen LogP contribution in [-0.2, 0) is 28.6 Å². The van der Waals surface area contributed by atoms with Crippen molar-refractivity contribution in [2.75, 3.05) is 13.2 Å². The van der Waals surface area contributed by atoms with Gasteiger partial charge in [0.15, 0.2) is 6.10 Å². The van der Waals surface area contributed by atoms with E-state index >= 15 is 0 Å². The Morgan fingerprint density at radius 2 is 0.470 bits per heavy atom. The minimum atomic E-state index is -0.811. The molecule has 0 amide bonds. The maximum Gasteiger partial charge on any atom is 0.306 e. The molecule has 0 spiro atoms. The van der Waals surface area contributed by atoms with Gasteiger partial charge in [-0.2, -0.15) is 0 Å². The molecule has 470 valence electrons. The predicted molar refractivity (Wildman–Crippen MR) is 362 cm³/mol.